The minimum absolute atomic E-state index is 0.0966. The second-order valence-electron chi connectivity index (χ2n) is 3.85. The average molecular weight is 241 g/mol. The highest BCUT2D eigenvalue weighted by Gasteiger charge is 2.11. The van der Waals surface area contributed by atoms with Crippen molar-refractivity contribution in [3.63, 3.8) is 0 Å². The Balaban J connectivity index is 2.85. The van der Waals surface area contributed by atoms with Crippen LogP contribution in [0.2, 0.25) is 0 Å². The van der Waals surface area contributed by atoms with Crippen LogP contribution in [-0.2, 0) is 6.54 Å². The van der Waals surface area contributed by atoms with E-state index in [0.29, 0.717) is 5.25 Å². The van der Waals surface area contributed by atoms with Crippen LogP contribution in [0.1, 0.15) is 32.8 Å². The quantitative estimate of drug-likeness (QED) is 0.760. The van der Waals surface area contributed by atoms with Gasteiger partial charge in [0.15, 0.2) is 0 Å². The highest BCUT2D eigenvalue weighted by Crippen LogP contribution is 2.30. The van der Waals surface area contributed by atoms with Gasteiger partial charge in [0, 0.05) is 16.7 Å². The molecule has 0 radical (unpaired) electrons. The number of hydrogen-bond donors (Lipinski definition) is 1. The third kappa shape index (κ3) is 3.80. The van der Waals surface area contributed by atoms with Crippen molar-refractivity contribution in [2.45, 2.75) is 43.9 Å². The first-order chi connectivity index (χ1) is 7.69. The molecule has 1 aromatic carbocycles. The normalized spacial score (nSPS) is 12.8. The van der Waals surface area contributed by atoms with Crippen LogP contribution in [-0.4, -0.2) is 11.8 Å². The molecule has 1 aromatic rings. The minimum Gasteiger partial charge on any atom is -0.313 e. The molecule has 0 bridgehead atoms. The Labute approximate surface area is 102 Å². The van der Waals surface area contributed by atoms with Crippen LogP contribution in [0.3, 0.4) is 0 Å². The molecule has 1 N–H and O–H groups in total. The lowest BCUT2D eigenvalue weighted by atomic mass is 10.2. The molecule has 0 aliphatic carbocycles. The molecule has 0 heterocycles. The van der Waals surface area contributed by atoms with E-state index in [-0.39, 0.29) is 5.82 Å². The maximum absolute atomic E-state index is 13.7. The molecule has 0 aliphatic rings. The first-order valence-electron chi connectivity index (χ1n) is 5.83. The lowest BCUT2D eigenvalue weighted by Crippen LogP contribution is -2.13. The Kier molecular flexibility index (Phi) is 5.85. The van der Waals surface area contributed by atoms with Gasteiger partial charge in [0.1, 0.15) is 5.82 Å². The van der Waals surface area contributed by atoms with Crippen molar-refractivity contribution in [2.24, 2.45) is 0 Å². The van der Waals surface area contributed by atoms with Gasteiger partial charge < -0.3 is 5.32 Å². The van der Waals surface area contributed by atoms with E-state index >= 15 is 0 Å². The van der Waals surface area contributed by atoms with Crippen LogP contribution in [0.5, 0.6) is 0 Å². The van der Waals surface area contributed by atoms with Gasteiger partial charge >= 0.3 is 0 Å². The van der Waals surface area contributed by atoms with E-state index in [1.807, 2.05) is 6.07 Å². The van der Waals surface area contributed by atoms with Gasteiger partial charge in [0.05, 0.1) is 0 Å². The predicted octanol–water partition coefficient (Wildman–Crippen LogP) is 3.83. The molecular formula is C13H20FNS. The zero-order valence-corrected chi connectivity index (χ0v) is 11.0. The molecular weight excluding hydrogens is 221 g/mol. The lowest BCUT2D eigenvalue weighted by Gasteiger charge is -2.14. The fraction of sp³-hybridized carbons (Fsp3) is 0.538. The highest BCUT2D eigenvalue weighted by molar-refractivity contribution is 8.00. The number of benzene rings is 1. The minimum atomic E-state index is -0.0966. The summed E-state index contributed by atoms with van der Waals surface area (Å²) >= 11 is 1.63. The highest BCUT2D eigenvalue weighted by atomic mass is 32.2. The van der Waals surface area contributed by atoms with Gasteiger partial charge in [-0.3, -0.25) is 0 Å². The Hall–Kier alpha value is -0.540. The van der Waals surface area contributed by atoms with E-state index in [9.17, 15) is 4.39 Å². The summed E-state index contributed by atoms with van der Waals surface area (Å²) in [5, 5.41) is 3.70. The van der Waals surface area contributed by atoms with E-state index in [0.717, 1.165) is 30.0 Å². The Morgan fingerprint density at radius 3 is 2.75 bits per heavy atom. The third-order valence-corrected chi connectivity index (χ3v) is 3.94. The van der Waals surface area contributed by atoms with Crippen molar-refractivity contribution < 1.29 is 4.39 Å². The molecule has 0 aliphatic heterocycles. The lowest BCUT2D eigenvalue weighted by molar-refractivity contribution is 0.591. The molecule has 0 aromatic heterocycles. The van der Waals surface area contributed by atoms with Crippen molar-refractivity contribution in [2.75, 3.05) is 6.54 Å². The molecule has 0 fully saturated rings. The Bertz CT molecular complexity index is 328. The van der Waals surface area contributed by atoms with Gasteiger partial charge in [-0.2, -0.15) is 0 Å². The number of nitrogens with one attached hydrogen (secondary N) is 1. The second-order valence-corrected chi connectivity index (χ2v) is 5.29. The summed E-state index contributed by atoms with van der Waals surface area (Å²) in [7, 11) is 0. The van der Waals surface area contributed by atoms with Gasteiger partial charge in [0.25, 0.3) is 0 Å². The molecule has 0 saturated heterocycles. The maximum Gasteiger partial charge on any atom is 0.137 e. The third-order valence-electron chi connectivity index (χ3n) is 2.51. The standard InChI is InChI=1S/C13H20FNS/c1-4-10(3)16-13-11(9-15-5-2)7-6-8-12(13)14/h6-8,10,15H,4-5,9H2,1-3H3. The van der Waals surface area contributed by atoms with E-state index in [4.69, 9.17) is 0 Å². The summed E-state index contributed by atoms with van der Waals surface area (Å²) < 4.78 is 13.7. The van der Waals surface area contributed by atoms with E-state index in [1.165, 1.54) is 0 Å². The molecule has 1 nitrogen and oxygen atoms in total. The number of rotatable bonds is 6. The summed E-state index contributed by atoms with van der Waals surface area (Å²) in [6.45, 7) is 7.97. The van der Waals surface area contributed by atoms with E-state index < -0.39 is 0 Å². The molecule has 3 heteroatoms. The van der Waals surface area contributed by atoms with Crippen molar-refractivity contribution in [1.82, 2.24) is 5.32 Å². The van der Waals surface area contributed by atoms with Crippen molar-refractivity contribution in [1.29, 1.82) is 0 Å². The van der Waals surface area contributed by atoms with Gasteiger partial charge in [-0.15, -0.1) is 11.8 Å². The summed E-state index contributed by atoms with van der Waals surface area (Å²) in [6, 6.07) is 5.32. The van der Waals surface area contributed by atoms with Crippen LogP contribution in [0.15, 0.2) is 23.1 Å². The molecule has 0 spiro atoms. The van der Waals surface area contributed by atoms with Crippen LogP contribution in [0.4, 0.5) is 4.39 Å². The SMILES string of the molecule is CCNCc1cccc(F)c1SC(C)CC. The topological polar surface area (TPSA) is 12.0 Å². The molecule has 0 amide bonds. The largest absolute Gasteiger partial charge is 0.313 e. The second kappa shape index (κ2) is 6.92. The molecule has 1 atom stereocenters. The molecule has 16 heavy (non-hydrogen) atoms. The first-order valence-corrected chi connectivity index (χ1v) is 6.71. The Morgan fingerprint density at radius 1 is 1.38 bits per heavy atom. The van der Waals surface area contributed by atoms with Crippen LogP contribution >= 0.6 is 11.8 Å². The van der Waals surface area contributed by atoms with Gasteiger partial charge in [0.2, 0.25) is 0 Å². The predicted molar refractivity (Wildman–Crippen MR) is 69.4 cm³/mol. The van der Waals surface area contributed by atoms with Gasteiger partial charge in [-0.25, -0.2) is 4.39 Å². The van der Waals surface area contributed by atoms with E-state index in [2.05, 4.69) is 26.1 Å². The molecule has 1 rings (SSSR count). The molecule has 90 valence electrons. The summed E-state index contributed by atoms with van der Waals surface area (Å²) in [6.07, 6.45) is 1.06. The van der Waals surface area contributed by atoms with Gasteiger partial charge in [-0.1, -0.05) is 32.9 Å². The fourth-order valence-electron chi connectivity index (χ4n) is 1.37. The van der Waals surface area contributed by atoms with Gasteiger partial charge in [-0.05, 0) is 24.6 Å². The van der Waals surface area contributed by atoms with E-state index in [1.54, 1.807) is 23.9 Å². The van der Waals surface area contributed by atoms with Crippen LogP contribution in [0.25, 0.3) is 0 Å². The van der Waals surface area contributed by atoms with Crippen molar-refractivity contribution in [3.8, 4) is 0 Å². The number of hydrogen-bond acceptors (Lipinski definition) is 2. The van der Waals surface area contributed by atoms with Crippen LogP contribution in [0, 0.1) is 5.82 Å². The average Bonchev–Trinajstić information content (AvgIpc) is 2.29. The zero-order valence-electron chi connectivity index (χ0n) is 10.2. The monoisotopic (exact) mass is 241 g/mol. The first kappa shape index (κ1) is 13.5. The Morgan fingerprint density at radius 2 is 2.12 bits per heavy atom. The summed E-state index contributed by atoms with van der Waals surface area (Å²) in [5.74, 6) is -0.0966. The number of halogens is 1. The van der Waals surface area contributed by atoms with Crippen molar-refractivity contribution >= 4 is 11.8 Å². The summed E-state index contributed by atoms with van der Waals surface area (Å²) in [4.78, 5) is 0.804. The molecule has 1 unspecified atom stereocenters. The zero-order chi connectivity index (χ0) is 12.0. The fourth-order valence-corrected chi connectivity index (χ4v) is 2.41. The van der Waals surface area contributed by atoms with Crippen molar-refractivity contribution in [3.05, 3.63) is 29.6 Å². The van der Waals surface area contributed by atoms with Crippen LogP contribution < -0.4 is 5.32 Å². The smallest absolute Gasteiger partial charge is 0.137 e. The maximum atomic E-state index is 13.7. The number of thioether (sulfide) groups is 1. The molecule has 0 saturated carbocycles. The summed E-state index contributed by atoms with van der Waals surface area (Å²) in [5.41, 5.74) is 1.06.